The van der Waals surface area contributed by atoms with E-state index < -0.39 is 17.5 Å². The third kappa shape index (κ3) is 5.00. The van der Waals surface area contributed by atoms with Gasteiger partial charge in [0.2, 0.25) is 11.8 Å². The van der Waals surface area contributed by atoms with E-state index in [4.69, 9.17) is 11.6 Å². The van der Waals surface area contributed by atoms with Gasteiger partial charge in [0.05, 0.1) is 16.4 Å². The molecule has 2 N–H and O–H groups in total. The van der Waals surface area contributed by atoms with Crippen molar-refractivity contribution >= 4 is 34.8 Å². The van der Waals surface area contributed by atoms with Crippen LogP contribution in [-0.2, 0) is 9.59 Å². The molecule has 31 heavy (non-hydrogen) atoms. The summed E-state index contributed by atoms with van der Waals surface area (Å²) in [5.41, 5.74) is 3.67. The van der Waals surface area contributed by atoms with Gasteiger partial charge in [0, 0.05) is 24.2 Å². The number of aromatic nitrogens is 2. The molecule has 2 amide bonds. The number of halogens is 1. The number of hydrogen-bond donors (Lipinski definition) is 2. The predicted molar refractivity (Wildman–Crippen MR) is 123 cm³/mol. The van der Waals surface area contributed by atoms with Crippen LogP contribution in [0.15, 0.2) is 53.3 Å². The minimum Gasteiger partial charge on any atom is -0.326 e. The largest absolute Gasteiger partial charge is 0.326 e. The minimum absolute atomic E-state index is 0.182. The maximum absolute atomic E-state index is 12.8. The van der Waals surface area contributed by atoms with Crippen LogP contribution in [0.1, 0.15) is 31.0 Å². The van der Waals surface area contributed by atoms with Gasteiger partial charge >= 0.3 is 0 Å². The molecule has 0 fully saturated rings. The lowest BCUT2D eigenvalue weighted by molar-refractivity contribution is -0.119. The van der Waals surface area contributed by atoms with Crippen molar-refractivity contribution in [2.75, 3.05) is 10.6 Å². The molecule has 3 rings (SSSR count). The molecule has 0 aliphatic heterocycles. The van der Waals surface area contributed by atoms with Gasteiger partial charge in [-0.1, -0.05) is 35.9 Å². The van der Waals surface area contributed by atoms with Crippen molar-refractivity contribution in [3.8, 4) is 11.3 Å². The van der Waals surface area contributed by atoms with E-state index in [-0.39, 0.29) is 5.91 Å². The summed E-state index contributed by atoms with van der Waals surface area (Å²) >= 11 is 6.20. The summed E-state index contributed by atoms with van der Waals surface area (Å²) in [5, 5.41) is 10.4. The average Bonchev–Trinajstić information content (AvgIpc) is 2.72. The fourth-order valence-corrected chi connectivity index (χ4v) is 3.36. The molecular weight excluding hydrogens is 416 g/mol. The second-order valence-electron chi connectivity index (χ2n) is 7.31. The molecule has 2 aromatic carbocycles. The van der Waals surface area contributed by atoms with E-state index in [1.807, 2.05) is 32.0 Å². The highest BCUT2D eigenvalue weighted by Crippen LogP contribution is 2.27. The molecule has 0 aliphatic carbocycles. The second-order valence-corrected chi connectivity index (χ2v) is 7.72. The number of nitrogens with one attached hydrogen (secondary N) is 2. The number of para-hydroxylation sites is 1. The first kappa shape index (κ1) is 22.2. The van der Waals surface area contributed by atoms with Gasteiger partial charge < -0.3 is 10.6 Å². The molecule has 0 unspecified atom stereocenters. The van der Waals surface area contributed by atoms with Crippen LogP contribution < -0.4 is 16.2 Å². The molecule has 0 saturated heterocycles. The summed E-state index contributed by atoms with van der Waals surface area (Å²) in [4.78, 5) is 36.7. The molecule has 0 aliphatic rings. The minimum atomic E-state index is -0.872. The van der Waals surface area contributed by atoms with Crippen LogP contribution in [0.2, 0.25) is 5.02 Å². The molecule has 8 heteroatoms. The number of rotatable bonds is 5. The molecule has 1 heterocycles. The Balaban J connectivity index is 1.93. The Morgan fingerprint density at radius 2 is 1.77 bits per heavy atom. The van der Waals surface area contributed by atoms with Crippen molar-refractivity contribution in [3.05, 3.63) is 75.0 Å². The molecule has 160 valence electrons. The van der Waals surface area contributed by atoms with E-state index in [0.717, 1.165) is 15.8 Å². The summed E-state index contributed by atoms with van der Waals surface area (Å²) in [6, 6.07) is 12.9. The molecule has 1 atom stereocenters. The number of aryl methyl sites for hydroxylation is 2. The molecule has 0 spiro atoms. The predicted octanol–water partition coefficient (Wildman–Crippen LogP) is 4.34. The molecule has 1 aromatic heterocycles. The lowest BCUT2D eigenvalue weighted by Gasteiger charge is -2.17. The van der Waals surface area contributed by atoms with Crippen LogP contribution in [0.3, 0.4) is 0 Å². The van der Waals surface area contributed by atoms with Gasteiger partial charge in [-0.15, -0.1) is 0 Å². The first-order valence-corrected chi connectivity index (χ1v) is 10.1. The highest BCUT2D eigenvalue weighted by molar-refractivity contribution is 6.34. The van der Waals surface area contributed by atoms with Crippen molar-refractivity contribution < 1.29 is 9.59 Å². The van der Waals surface area contributed by atoms with Crippen molar-refractivity contribution in [3.63, 3.8) is 0 Å². The van der Waals surface area contributed by atoms with E-state index >= 15 is 0 Å². The van der Waals surface area contributed by atoms with Gasteiger partial charge in [-0.3, -0.25) is 14.4 Å². The Kier molecular flexibility index (Phi) is 6.56. The summed E-state index contributed by atoms with van der Waals surface area (Å²) in [7, 11) is 0. The Morgan fingerprint density at radius 3 is 2.45 bits per heavy atom. The summed E-state index contributed by atoms with van der Waals surface area (Å²) in [6.07, 6.45) is 0. The average molecular weight is 439 g/mol. The third-order valence-corrected chi connectivity index (χ3v) is 5.20. The lowest BCUT2D eigenvalue weighted by atomic mass is 10.1. The van der Waals surface area contributed by atoms with Crippen LogP contribution >= 0.6 is 11.6 Å². The van der Waals surface area contributed by atoms with Crippen LogP contribution in [0.25, 0.3) is 11.3 Å². The van der Waals surface area contributed by atoms with Gasteiger partial charge in [0.1, 0.15) is 6.04 Å². The van der Waals surface area contributed by atoms with Crippen molar-refractivity contribution in [1.29, 1.82) is 0 Å². The Hall–Kier alpha value is -3.45. The van der Waals surface area contributed by atoms with E-state index in [9.17, 15) is 14.4 Å². The fourth-order valence-electron chi connectivity index (χ4n) is 3.09. The molecule has 7 nitrogen and oxygen atoms in total. The zero-order valence-corrected chi connectivity index (χ0v) is 18.4. The van der Waals surface area contributed by atoms with E-state index in [2.05, 4.69) is 15.7 Å². The van der Waals surface area contributed by atoms with E-state index in [1.54, 1.807) is 31.2 Å². The molecule has 0 saturated carbocycles. The third-order valence-electron chi connectivity index (χ3n) is 4.89. The first-order chi connectivity index (χ1) is 14.7. The number of nitrogens with zero attached hydrogens (tertiary/aromatic N) is 2. The number of hydrogen-bond acceptors (Lipinski definition) is 4. The van der Waals surface area contributed by atoms with Crippen LogP contribution in [0.4, 0.5) is 11.4 Å². The molecule has 0 bridgehead atoms. The number of carbonyl (C=O) groups is 2. The lowest BCUT2D eigenvalue weighted by Crippen LogP contribution is -2.33. The topological polar surface area (TPSA) is 93.1 Å². The van der Waals surface area contributed by atoms with Crippen molar-refractivity contribution in [2.24, 2.45) is 0 Å². The van der Waals surface area contributed by atoms with Gasteiger partial charge in [0.25, 0.3) is 5.56 Å². The van der Waals surface area contributed by atoms with Gasteiger partial charge in [-0.05, 0) is 50.1 Å². The number of amides is 2. The Morgan fingerprint density at radius 1 is 1.03 bits per heavy atom. The van der Waals surface area contributed by atoms with E-state index in [1.165, 1.54) is 13.0 Å². The normalized spacial score (nSPS) is 11.6. The maximum atomic E-state index is 12.8. The van der Waals surface area contributed by atoms with Crippen molar-refractivity contribution in [1.82, 2.24) is 9.78 Å². The summed E-state index contributed by atoms with van der Waals surface area (Å²) in [5.74, 6) is -0.593. The summed E-state index contributed by atoms with van der Waals surface area (Å²) < 4.78 is 1.13. The highest BCUT2D eigenvalue weighted by Gasteiger charge is 2.20. The quantitative estimate of drug-likeness (QED) is 0.619. The SMILES string of the molecule is CC(=O)Nc1cc(-c2ccc(=O)n([C@H](C)C(=O)Nc3c(C)cccc3Cl)n2)ccc1C. The fraction of sp³-hybridized carbons (Fsp3) is 0.217. The molecule has 3 aromatic rings. The smallest absolute Gasteiger partial charge is 0.267 e. The monoisotopic (exact) mass is 438 g/mol. The van der Waals surface area contributed by atoms with Gasteiger partial charge in [0.15, 0.2) is 0 Å². The zero-order valence-electron chi connectivity index (χ0n) is 17.7. The zero-order chi connectivity index (χ0) is 22.7. The van der Waals surface area contributed by atoms with Crippen LogP contribution in [-0.4, -0.2) is 21.6 Å². The Bertz CT molecular complexity index is 1200. The highest BCUT2D eigenvalue weighted by atomic mass is 35.5. The number of carbonyl (C=O) groups excluding carboxylic acids is 2. The van der Waals surface area contributed by atoms with E-state index in [0.29, 0.717) is 27.7 Å². The molecule has 0 radical (unpaired) electrons. The Labute approximate surface area is 185 Å². The maximum Gasteiger partial charge on any atom is 0.267 e. The molecular formula is C23H23ClN4O3. The van der Waals surface area contributed by atoms with Crippen molar-refractivity contribution in [2.45, 2.75) is 33.7 Å². The first-order valence-electron chi connectivity index (χ1n) is 9.72. The standard InChI is InChI=1S/C23H23ClN4O3/c1-13-8-9-17(12-20(13)25-16(4)29)19-10-11-21(30)28(27-19)15(3)23(31)26-22-14(2)6-5-7-18(22)24/h5-12,15H,1-4H3,(H,25,29)(H,26,31)/t15-/m1/s1. The van der Waals surface area contributed by atoms with Crippen LogP contribution in [0.5, 0.6) is 0 Å². The second kappa shape index (κ2) is 9.14. The summed E-state index contributed by atoms with van der Waals surface area (Å²) in [6.45, 7) is 6.75. The van der Waals surface area contributed by atoms with Crippen LogP contribution in [0, 0.1) is 13.8 Å². The van der Waals surface area contributed by atoms with Gasteiger partial charge in [-0.25, -0.2) is 4.68 Å². The van der Waals surface area contributed by atoms with Gasteiger partial charge in [-0.2, -0.15) is 5.10 Å². The number of anilines is 2. The number of benzene rings is 2.